The number of nitrogens with zero attached hydrogens (tertiary/aromatic N) is 2. The van der Waals surface area contributed by atoms with Crippen LogP contribution in [-0.4, -0.2) is 16.2 Å². The van der Waals surface area contributed by atoms with Crippen molar-refractivity contribution in [1.29, 1.82) is 0 Å². The SMILES string of the molecule is CSc1cccc2sc(Nc3nc(-c4ccc(C)c(C)c4)cs3)nc12. The van der Waals surface area contributed by atoms with E-state index in [1.54, 1.807) is 34.4 Å². The van der Waals surface area contributed by atoms with Crippen molar-refractivity contribution in [3.05, 3.63) is 52.9 Å². The number of aromatic nitrogens is 2. The van der Waals surface area contributed by atoms with Gasteiger partial charge in [0.2, 0.25) is 0 Å². The maximum absolute atomic E-state index is 4.74. The molecule has 0 bridgehead atoms. The first-order valence-corrected chi connectivity index (χ1v) is 10.8. The zero-order valence-electron chi connectivity index (χ0n) is 14.2. The molecule has 0 saturated carbocycles. The van der Waals surface area contributed by atoms with Crippen LogP contribution in [0, 0.1) is 13.8 Å². The quantitative estimate of drug-likeness (QED) is 0.408. The monoisotopic (exact) mass is 383 g/mol. The third kappa shape index (κ3) is 3.29. The van der Waals surface area contributed by atoms with Crippen molar-refractivity contribution >= 4 is 54.9 Å². The molecule has 0 saturated heterocycles. The number of thiazole rings is 2. The summed E-state index contributed by atoms with van der Waals surface area (Å²) in [6.07, 6.45) is 2.08. The minimum atomic E-state index is 0.873. The molecule has 4 aromatic rings. The molecule has 0 aliphatic heterocycles. The third-order valence-corrected chi connectivity index (χ3v) is 6.59. The Morgan fingerprint density at radius 3 is 2.68 bits per heavy atom. The maximum Gasteiger partial charge on any atom is 0.190 e. The average Bonchev–Trinajstić information content (AvgIpc) is 3.23. The van der Waals surface area contributed by atoms with Crippen LogP contribution < -0.4 is 5.32 Å². The van der Waals surface area contributed by atoms with Crippen molar-refractivity contribution in [3.8, 4) is 11.3 Å². The van der Waals surface area contributed by atoms with Crippen LogP contribution in [0.1, 0.15) is 11.1 Å². The summed E-state index contributed by atoms with van der Waals surface area (Å²) in [5, 5.41) is 7.22. The summed E-state index contributed by atoms with van der Waals surface area (Å²) in [6.45, 7) is 4.26. The maximum atomic E-state index is 4.74. The summed E-state index contributed by atoms with van der Waals surface area (Å²) in [6, 6.07) is 12.8. The number of aryl methyl sites for hydroxylation is 2. The Morgan fingerprint density at radius 1 is 1.00 bits per heavy atom. The summed E-state index contributed by atoms with van der Waals surface area (Å²) in [5.41, 5.74) is 5.81. The normalized spacial score (nSPS) is 11.2. The summed E-state index contributed by atoms with van der Waals surface area (Å²) < 4.78 is 1.19. The highest BCUT2D eigenvalue weighted by molar-refractivity contribution is 7.98. The van der Waals surface area contributed by atoms with Gasteiger partial charge in [-0.2, -0.15) is 0 Å². The van der Waals surface area contributed by atoms with Crippen molar-refractivity contribution < 1.29 is 0 Å². The summed E-state index contributed by atoms with van der Waals surface area (Å²) in [4.78, 5) is 10.7. The summed E-state index contributed by atoms with van der Waals surface area (Å²) >= 11 is 5.00. The number of nitrogens with one attached hydrogen (secondary N) is 1. The standard InChI is InChI=1S/C19H17N3S3/c1-11-7-8-13(9-12(11)2)14-10-24-18(20-14)22-19-21-17-15(23-3)5-4-6-16(17)25-19/h4-10H,1-3H3,(H,20,21,22). The zero-order chi connectivity index (χ0) is 17.4. The number of rotatable bonds is 4. The first kappa shape index (κ1) is 16.6. The van der Waals surface area contributed by atoms with Gasteiger partial charge in [0.05, 0.1) is 15.9 Å². The third-order valence-electron chi connectivity index (χ3n) is 4.12. The van der Waals surface area contributed by atoms with E-state index in [1.807, 2.05) is 0 Å². The average molecular weight is 384 g/mol. The molecule has 0 radical (unpaired) electrons. The number of thioether (sulfide) groups is 1. The molecule has 2 heterocycles. The van der Waals surface area contributed by atoms with Crippen molar-refractivity contribution in [1.82, 2.24) is 9.97 Å². The van der Waals surface area contributed by atoms with E-state index >= 15 is 0 Å². The van der Waals surface area contributed by atoms with E-state index < -0.39 is 0 Å². The first-order chi connectivity index (χ1) is 12.1. The molecule has 0 amide bonds. The van der Waals surface area contributed by atoms with E-state index in [1.165, 1.54) is 20.7 Å². The van der Waals surface area contributed by atoms with Gasteiger partial charge in [0.15, 0.2) is 10.3 Å². The Hall–Kier alpha value is -1.89. The minimum Gasteiger partial charge on any atom is -0.307 e. The van der Waals surface area contributed by atoms with Crippen LogP contribution in [0.4, 0.5) is 10.3 Å². The Balaban J connectivity index is 1.62. The second-order valence-electron chi connectivity index (χ2n) is 5.79. The molecule has 1 N–H and O–H groups in total. The molecule has 126 valence electrons. The van der Waals surface area contributed by atoms with E-state index in [4.69, 9.17) is 9.97 Å². The Bertz CT molecular complexity index is 1050. The van der Waals surface area contributed by atoms with Gasteiger partial charge in [-0.15, -0.1) is 23.1 Å². The number of hydrogen-bond acceptors (Lipinski definition) is 6. The highest BCUT2D eigenvalue weighted by Crippen LogP contribution is 2.35. The zero-order valence-corrected chi connectivity index (χ0v) is 16.6. The Morgan fingerprint density at radius 2 is 1.88 bits per heavy atom. The first-order valence-electron chi connectivity index (χ1n) is 7.88. The molecule has 0 fully saturated rings. The lowest BCUT2D eigenvalue weighted by Crippen LogP contribution is -1.89. The number of fused-ring (bicyclic) bond motifs is 1. The molecular formula is C19H17N3S3. The smallest absolute Gasteiger partial charge is 0.190 e. The molecule has 25 heavy (non-hydrogen) atoms. The second kappa shape index (κ2) is 6.78. The van der Waals surface area contributed by atoms with Gasteiger partial charge in [0.25, 0.3) is 0 Å². The lowest BCUT2D eigenvalue weighted by molar-refractivity contribution is 1.32. The molecule has 0 aliphatic carbocycles. The van der Waals surface area contributed by atoms with E-state index in [-0.39, 0.29) is 0 Å². The van der Waals surface area contributed by atoms with Gasteiger partial charge >= 0.3 is 0 Å². The molecule has 4 rings (SSSR count). The summed E-state index contributed by atoms with van der Waals surface area (Å²) in [5.74, 6) is 0. The van der Waals surface area contributed by atoms with Crippen LogP contribution in [-0.2, 0) is 0 Å². The molecule has 0 atom stereocenters. The number of benzene rings is 2. The van der Waals surface area contributed by atoms with Gasteiger partial charge in [0, 0.05) is 15.8 Å². The lowest BCUT2D eigenvalue weighted by atomic mass is 10.1. The fourth-order valence-electron chi connectivity index (χ4n) is 2.60. The van der Waals surface area contributed by atoms with E-state index in [2.05, 4.69) is 67.2 Å². The highest BCUT2D eigenvalue weighted by Gasteiger charge is 2.10. The van der Waals surface area contributed by atoms with E-state index in [0.717, 1.165) is 27.0 Å². The largest absolute Gasteiger partial charge is 0.307 e. The van der Waals surface area contributed by atoms with Gasteiger partial charge in [-0.25, -0.2) is 9.97 Å². The van der Waals surface area contributed by atoms with Crippen LogP contribution in [0.25, 0.3) is 21.5 Å². The van der Waals surface area contributed by atoms with E-state index in [0.29, 0.717) is 0 Å². The Labute approximate surface area is 159 Å². The fourth-order valence-corrected chi connectivity index (χ4v) is 4.90. The number of para-hydroxylation sites is 1. The van der Waals surface area contributed by atoms with Crippen LogP contribution in [0.5, 0.6) is 0 Å². The predicted octanol–water partition coefficient (Wildman–Crippen LogP) is 6.50. The van der Waals surface area contributed by atoms with Crippen molar-refractivity contribution in [2.75, 3.05) is 11.6 Å². The van der Waals surface area contributed by atoms with Crippen LogP contribution in [0.15, 0.2) is 46.7 Å². The summed E-state index contributed by atoms with van der Waals surface area (Å²) in [7, 11) is 0. The van der Waals surface area contributed by atoms with Crippen molar-refractivity contribution in [2.45, 2.75) is 18.7 Å². The Kier molecular flexibility index (Phi) is 4.50. The molecule has 0 aliphatic rings. The predicted molar refractivity (Wildman–Crippen MR) is 112 cm³/mol. The molecule has 2 aromatic heterocycles. The van der Waals surface area contributed by atoms with Gasteiger partial charge in [-0.05, 0) is 49.4 Å². The molecule has 0 spiro atoms. The van der Waals surface area contributed by atoms with Gasteiger partial charge in [-0.3, -0.25) is 0 Å². The van der Waals surface area contributed by atoms with Crippen LogP contribution in [0.3, 0.4) is 0 Å². The van der Waals surface area contributed by atoms with E-state index in [9.17, 15) is 0 Å². The van der Waals surface area contributed by atoms with Crippen molar-refractivity contribution in [3.63, 3.8) is 0 Å². The molecule has 0 unspecified atom stereocenters. The van der Waals surface area contributed by atoms with Crippen molar-refractivity contribution in [2.24, 2.45) is 0 Å². The number of anilines is 2. The molecule has 6 heteroatoms. The van der Waals surface area contributed by atoms with Crippen LogP contribution in [0.2, 0.25) is 0 Å². The van der Waals surface area contributed by atoms with Gasteiger partial charge in [-0.1, -0.05) is 29.5 Å². The molecular weight excluding hydrogens is 366 g/mol. The van der Waals surface area contributed by atoms with Crippen LogP contribution >= 0.6 is 34.4 Å². The molecule has 2 aromatic carbocycles. The number of hydrogen-bond donors (Lipinski definition) is 1. The fraction of sp³-hybridized carbons (Fsp3) is 0.158. The highest BCUT2D eigenvalue weighted by atomic mass is 32.2. The lowest BCUT2D eigenvalue weighted by Gasteiger charge is -2.02. The topological polar surface area (TPSA) is 37.8 Å². The minimum absolute atomic E-state index is 0.873. The van der Waals surface area contributed by atoms with Gasteiger partial charge < -0.3 is 5.32 Å². The second-order valence-corrected chi connectivity index (χ2v) is 8.52. The van der Waals surface area contributed by atoms with Gasteiger partial charge in [0.1, 0.15) is 0 Å². The molecule has 3 nitrogen and oxygen atoms in total.